The lowest BCUT2D eigenvalue weighted by Gasteiger charge is -2.06. The minimum atomic E-state index is -0.0390. The summed E-state index contributed by atoms with van der Waals surface area (Å²) < 4.78 is 8.82. The van der Waals surface area contributed by atoms with E-state index < -0.39 is 0 Å². The first-order valence-corrected chi connectivity index (χ1v) is 9.72. The van der Waals surface area contributed by atoms with Gasteiger partial charge in [0.05, 0.1) is 16.8 Å². The molecular weight excluding hydrogens is 332 g/mol. The molecule has 2 aromatic carbocycles. The highest BCUT2D eigenvalue weighted by atomic mass is 32.1. The molecule has 0 fully saturated rings. The molecule has 25 heavy (non-hydrogen) atoms. The van der Waals surface area contributed by atoms with Crippen molar-refractivity contribution in [1.29, 1.82) is 0 Å². The molecule has 0 spiro atoms. The van der Waals surface area contributed by atoms with Crippen LogP contribution >= 0.6 is 11.3 Å². The Morgan fingerprint density at radius 3 is 2.84 bits per heavy atom. The highest BCUT2D eigenvalue weighted by Gasteiger charge is 2.10. The smallest absolute Gasteiger partial charge is 0.248 e. The topological polar surface area (TPSA) is 43.6 Å². The van der Waals surface area contributed by atoms with Gasteiger partial charge in [-0.25, -0.2) is 0 Å². The molecule has 0 aliphatic rings. The summed E-state index contributed by atoms with van der Waals surface area (Å²) in [6, 6.07) is 12.6. The molecular formula is C20H24N2O2S. The number of hydrogen-bond acceptors (Lipinski definition) is 3. The molecule has 0 saturated heterocycles. The van der Waals surface area contributed by atoms with E-state index in [1.807, 2.05) is 13.0 Å². The Morgan fingerprint density at radius 1 is 1.20 bits per heavy atom. The number of carbonyl (C=O) groups excluding carboxylic acids is 1. The number of nitrogens with zero attached hydrogens (tertiary/aromatic N) is 2. The predicted octanol–water partition coefficient (Wildman–Crippen LogP) is 4.51. The van der Waals surface area contributed by atoms with Crippen LogP contribution < -0.4 is 4.80 Å². The van der Waals surface area contributed by atoms with E-state index in [4.69, 9.17) is 4.74 Å². The number of ether oxygens (including phenoxy) is 1. The number of thiazole rings is 1. The van der Waals surface area contributed by atoms with Gasteiger partial charge in [0, 0.05) is 25.0 Å². The Bertz CT molecular complexity index is 940. The maximum absolute atomic E-state index is 12.2. The number of rotatable bonds is 7. The average Bonchev–Trinajstić information content (AvgIpc) is 2.98. The normalized spacial score (nSPS) is 12.3. The Balaban J connectivity index is 2.12. The lowest BCUT2D eigenvalue weighted by atomic mass is 10.1. The molecule has 1 aromatic heterocycles. The van der Waals surface area contributed by atoms with E-state index in [-0.39, 0.29) is 5.91 Å². The van der Waals surface area contributed by atoms with Gasteiger partial charge >= 0.3 is 0 Å². The highest BCUT2D eigenvalue weighted by Crippen LogP contribution is 2.27. The van der Waals surface area contributed by atoms with Crippen LogP contribution in [0.5, 0.6) is 0 Å². The predicted molar refractivity (Wildman–Crippen MR) is 104 cm³/mol. The first-order valence-electron chi connectivity index (χ1n) is 8.91. The zero-order valence-corrected chi connectivity index (χ0v) is 15.6. The first-order chi connectivity index (χ1) is 12.2. The Morgan fingerprint density at radius 2 is 2.04 bits per heavy atom. The summed E-state index contributed by atoms with van der Waals surface area (Å²) in [5, 5.41) is 2.41. The third kappa shape index (κ3) is 3.99. The fraction of sp³-hybridized carbons (Fsp3) is 0.400. The molecule has 0 unspecified atom stereocenters. The zero-order valence-electron chi connectivity index (χ0n) is 14.8. The van der Waals surface area contributed by atoms with Crippen LogP contribution in [-0.4, -0.2) is 23.7 Å². The second kappa shape index (κ2) is 8.41. The minimum Gasteiger partial charge on any atom is -0.380 e. The van der Waals surface area contributed by atoms with Crippen molar-refractivity contribution in [3.8, 4) is 0 Å². The number of unbranched alkanes of at least 4 members (excludes halogenated alkanes) is 1. The molecule has 5 heteroatoms. The van der Waals surface area contributed by atoms with Gasteiger partial charge < -0.3 is 9.30 Å². The highest BCUT2D eigenvalue weighted by molar-refractivity contribution is 7.17. The summed E-state index contributed by atoms with van der Waals surface area (Å²) in [7, 11) is 0. The van der Waals surface area contributed by atoms with E-state index in [9.17, 15) is 4.79 Å². The van der Waals surface area contributed by atoms with Crippen molar-refractivity contribution in [3.63, 3.8) is 0 Å². The van der Waals surface area contributed by atoms with Gasteiger partial charge in [0.15, 0.2) is 4.80 Å². The quantitative estimate of drug-likeness (QED) is 0.585. The van der Waals surface area contributed by atoms with Gasteiger partial charge in [-0.05, 0) is 24.8 Å². The molecule has 3 aromatic rings. The Hall–Kier alpha value is -1.98. The van der Waals surface area contributed by atoms with Crippen LogP contribution in [0.1, 0.15) is 33.1 Å². The number of benzene rings is 2. The number of fused-ring (bicyclic) bond motifs is 3. The molecule has 0 saturated carbocycles. The average molecular weight is 356 g/mol. The second-order valence-corrected chi connectivity index (χ2v) is 6.95. The van der Waals surface area contributed by atoms with Gasteiger partial charge in [-0.1, -0.05) is 55.0 Å². The third-order valence-corrected chi connectivity index (χ3v) is 5.33. The molecule has 132 valence electrons. The fourth-order valence-electron chi connectivity index (χ4n) is 2.89. The Labute approximate surface area is 151 Å². The lowest BCUT2D eigenvalue weighted by molar-refractivity contribution is -0.118. The van der Waals surface area contributed by atoms with E-state index >= 15 is 0 Å². The van der Waals surface area contributed by atoms with Crippen LogP contribution in [-0.2, 0) is 16.1 Å². The molecule has 1 amide bonds. The zero-order chi connectivity index (χ0) is 17.6. The van der Waals surface area contributed by atoms with Crippen molar-refractivity contribution in [3.05, 3.63) is 41.2 Å². The van der Waals surface area contributed by atoms with E-state index in [0.717, 1.165) is 23.2 Å². The summed E-state index contributed by atoms with van der Waals surface area (Å²) in [6.07, 6.45) is 2.40. The summed E-state index contributed by atoms with van der Waals surface area (Å²) in [6.45, 7) is 6.08. The van der Waals surface area contributed by atoms with E-state index in [2.05, 4.69) is 46.8 Å². The van der Waals surface area contributed by atoms with Gasteiger partial charge in [-0.3, -0.25) is 4.79 Å². The van der Waals surface area contributed by atoms with Crippen LogP contribution in [0.4, 0.5) is 0 Å². The number of amides is 1. The number of aromatic nitrogens is 1. The third-order valence-electron chi connectivity index (χ3n) is 4.20. The maximum Gasteiger partial charge on any atom is 0.248 e. The van der Waals surface area contributed by atoms with Crippen LogP contribution in [0.2, 0.25) is 0 Å². The number of hydrogen-bond donors (Lipinski definition) is 0. The van der Waals surface area contributed by atoms with Crippen molar-refractivity contribution in [2.24, 2.45) is 4.99 Å². The van der Waals surface area contributed by atoms with Crippen LogP contribution in [0.25, 0.3) is 21.0 Å². The molecule has 0 atom stereocenters. The molecule has 0 aliphatic carbocycles. The molecule has 4 nitrogen and oxygen atoms in total. The van der Waals surface area contributed by atoms with Crippen LogP contribution in [0.3, 0.4) is 0 Å². The van der Waals surface area contributed by atoms with Crippen molar-refractivity contribution in [2.75, 3.05) is 13.2 Å². The summed E-state index contributed by atoms with van der Waals surface area (Å²) in [5.41, 5.74) is 1.12. The van der Waals surface area contributed by atoms with Gasteiger partial charge in [-0.2, -0.15) is 4.99 Å². The van der Waals surface area contributed by atoms with E-state index in [1.165, 1.54) is 15.5 Å². The summed E-state index contributed by atoms with van der Waals surface area (Å²) in [5.74, 6) is -0.0390. The monoisotopic (exact) mass is 356 g/mol. The van der Waals surface area contributed by atoms with Gasteiger partial charge in [0.25, 0.3) is 0 Å². The van der Waals surface area contributed by atoms with Crippen LogP contribution in [0, 0.1) is 0 Å². The summed E-state index contributed by atoms with van der Waals surface area (Å²) in [4.78, 5) is 17.4. The first kappa shape index (κ1) is 17.8. The largest absolute Gasteiger partial charge is 0.380 e. The van der Waals surface area contributed by atoms with Crippen molar-refractivity contribution in [1.82, 2.24) is 4.57 Å². The van der Waals surface area contributed by atoms with E-state index in [1.54, 1.807) is 11.3 Å². The summed E-state index contributed by atoms with van der Waals surface area (Å²) >= 11 is 1.59. The number of carbonyl (C=O) groups is 1. The van der Waals surface area contributed by atoms with Crippen molar-refractivity contribution < 1.29 is 9.53 Å². The second-order valence-electron chi connectivity index (χ2n) is 5.98. The van der Waals surface area contributed by atoms with Crippen molar-refractivity contribution >= 4 is 38.2 Å². The molecule has 1 heterocycles. The lowest BCUT2D eigenvalue weighted by Crippen LogP contribution is -2.19. The molecule has 3 rings (SSSR count). The molecule has 0 radical (unpaired) electrons. The van der Waals surface area contributed by atoms with Gasteiger partial charge in [-0.15, -0.1) is 0 Å². The van der Waals surface area contributed by atoms with E-state index in [0.29, 0.717) is 26.2 Å². The fourth-order valence-corrected chi connectivity index (χ4v) is 4.10. The molecule has 0 bridgehead atoms. The SMILES string of the molecule is CCCCC(=O)N=c1sc2c3ccccc3ccc2n1CCOCC. The van der Waals surface area contributed by atoms with Gasteiger partial charge in [0.1, 0.15) is 0 Å². The van der Waals surface area contributed by atoms with Crippen molar-refractivity contribution in [2.45, 2.75) is 39.7 Å². The van der Waals surface area contributed by atoms with Crippen LogP contribution in [0.15, 0.2) is 41.4 Å². The standard InChI is InChI=1S/C20H24N2O2S/c1-3-5-10-18(23)21-20-22(13-14-24-4-2)17-12-11-15-8-6-7-9-16(15)19(17)25-20/h6-9,11-12H,3-5,10,13-14H2,1-2H3. The Kier molecular flexibility index (Phi) is 6.00. The molecule has 0 aliphatic heterocycles. The van der Waals surface area contributed by atoms with Gasteiger partial charge in [0.2, 0.25) is 5.91 Å². The minimum absolute atomic E-state index is 0.0390. The molecule has 0 N–H and O–H groups in total. The maximum atomic E-state index is 12.2.